The number of halogens is 3. The van der Waals surface area contributed by atoms with Crippen LogP contribution in [0, 0.1) is 5.92 Å². The third-order valence-corrected chi connectivity index (χ3v) is 4.19. The van der Waals surface area contributed by atoms with Crippen LogP contribution >= 0.6 is 0 Å². The zero-order chi connectivity index (χ0) is 18.9. The molecule has 2 atom stereocenters. The summed E-state index contributed by atoms with van der Waals surface area (Å²) < 4.78 is 37.8. The summed E-state index contributed by atoms with van der Waals surface area (Å²) in [7, 11) is 0. The molecule has 136 valence electrons. The van der Waals surface area contributed by atoms with Gasteiger partial charge in [-0.3, -0.25) is 4.79 Å². The number of alkyl halides is 3. The fraction of sp³-hybridized carbons (Fsp3) is 0.222. The van der Waals surface area contributed by atoms with Crippen molar-refractivity contribution < 1.29 is 22.8 Å². The van der Waals surface area contributed by atoms with Crippen molar-refractivity contribution in [1.29, 1.82) is 0 Å². The number of carbonyl (C=O) groups excluding carboxylic acids is 2. The van der Waals surface area contributed by atoms with Crippen LogP contribution in [0.3, 0.4) is 0 Å². The van der Waals surface area contributed by atoms with Crippen LogP contribution < -0.4 is 16.4 Å². The predicted octanol–water partition coefficient (Wildman–Crippen LogP) is 3.94. The lowest BCUT2D eigenvalue weighted by atomic mass is 10.1. The van der Waals surface area contributed by atoms with Crippen LogP contribution in [0.4, 0.5) is 29.3 Å². The Labute approximate surface area is 147 Å². The van der Waals surface area contributed by atoms with Gasteiger partial charge in [-0.1, -0.05) is 18.2 Å². The Morgan fingerprint density at radius 3 is 2.19 bits per heavy atom. The summed E-state index contributed by atoms with van der Waals surface area (Å²) in [6.07, 6.45) is -3.79. The van der Waals surface area contributed by atoms with Crippen LogP contribution in [0.5, 0.6) is 0 Å². The van der Waals surface area contributed by atoms with Gasteiger partial charge in [0.25, 0.3) is 0 Å². The Morgan fingerprint density at radius 2 is 1.62 bits per heavy atom. The molecule has 4 N–H and O–H groups in total. The van der Waals surface area contributed by atoms with Crippen LogP contribution in [0.2, 0.25) is 0 Å². The molecule has 3 rings (SSSR count). The Bertz CT molecular complexity index is 834. The van der Waals surface area contributed by atoms with Crippen LogP contribution in [-0.2, 0) is 11.0 Å². The van der Waals surface area contributed by atoms with Crippen LogP contribution in [0.1, 0.15) is 23.5 Å². The minimum atomic E-state index is -4.37. The number of hydrogen-bond donors (Lipinski definition) is 3. The maximum absolute atomic E-state index is 12.6. The first-order valence-corrected chi connectivity index (χ1v) is 7.88. The van der Waals surface area contributed by atoms with Gasteiger partial charge in [-0.05, 0) is 48.2 Å². The number of hydrogen-bond acceptors (Lipinski definition) is 2. The van der Waals surface area contributed by atoms with E-state index in [1.807, 2.05) is 0 Å². The van der Waals surface area contributed by atoms with Gasteiger partial charge in [-0.2, -0.15) is 13.2 Å². The van der Waals surface area contributed by atoms with E-state index in [2.05, 4.69) is 10.6 Å². The third-order valence-electron chi connectivity index (χ3n) is 4.19. The van der Waals surface area contributed by atoms with Crippen LogP contribution in [0.15, 0.2) is 48.5 Å². The predicted molar refractivity (Wildman–Crippen MR) is 90.6 cm³/mol. The summed E-state index contributed by atoms with van der Waals surface area (Å²) in [6.45, 7) is 0. The largest absolute Gasteiger partial charge is 0.416 e. The van der Waals surface area contributed by atoms with Gasteiger partial charge < -0.3 is 16.4 Å². The number of primary amides is 1. The highest BCUT2D eigenvalue weighted by Gasteiger charge is 2.44. The summed E-state index contributed by atoms with van der Waals surface area (Å²) in [5.74, 6) is -0.602. The number of anilines is 2. The minimum Gasteiger partial charge on any atom is -0.351 e. The van der Waals surface area contributed by atoms with E-state index in [4.69, 9.17) is 5.73 Å². The number of amides is 3. The van der Waals surface area contributed by atoms with Crippen molar-refractivity contribution in [3.63, 3.8) is 0 Å². The van der Waals surface area contributed by atoms with Gasteiger partial charge >= 0.3 is 12.2 Å². The lowest BCUT2D eigenvalue weighted by molar-refractivity contribution is -0.137. The summed E-state index contributed by atoms with van der Waals surface area (Å²) >= 11 is 0. The van der Waals surface area contributed by atoms with Crippen molar-refractivity contribution in [3.8, 4) is 0 Å². The minimum absolute atomic E-state index is 0.0933. The number of benzene rings is 2. The van der Waals surface area contributed by atoms with Gasteiger partial charge in [-0.25, -0.2) is 4.79 Å². The van der Waals surface area contributed by atoms with E-state index in [1.54, 1.807) is 24.3 Å². The molecule has 2 unspecified atom stereocenters. The number of nitrogens with two attached hydrogens (primary N) is 1. The standard InChI is InChI=1S/C18H16F3N3O2/c19-18(20,21)11-6-4-10(5-7-11)14-9-15(14)16(25)23-12-2-1-3-13(8-12)24-17(22)26/h1-8,14-15H,9H2,(H,23,25)(H3,22,24,26). The van der Waals surface area contributed by atoms with E-state index in [9.17, 15) is 22.8 Å². The van der Waals surface area contributed by atoms with Crippen LogP contribution in [0.25, 0.3) is 0 Å². The van der Waals surface area contributed by atoms with E-state index < -0.39 is 17.8 Å². The lowest BCUT2D eigenvalue weighted by Gasteiger charge is -2.09. The fourth-order valence-electron chi connectivity index (χ4n) is 2.82. The highest BCUT2D eigenvalue weighted by molar-refractivity contribution is 5.96. The van der Waals surface area contributed by atoms with E-state index in [0.717, 1.165) is 12.1 Å². The van der Waals surface area contributed by atoms with Gasteiger partial charge in [0.2, 0.25) is 5.91 Å². The van der Waals surface area contributed by atoms with E-state index in [-0.39, 0.29) is 17.7 Å². The summed E-state index contributed by atoms with van der Waals surface area (Å²) in [4.78, 5) is 23.2. The molecule has 0 saturated heterocycles. The molecule has 1 saturated carbocycles. The second-order valence-corrected chi connectivity index (χ2v) is 6.13. The molecule has 0 bridgehead atoms. The van der Waals surface area contributed by atoms with Crippen LogP contribution in [-0.4, -0.2) is 11.9 Å². The highest BCUT2D eigenvalue weighted by atomic mass is 19.4. The van der Waals surface area contributed by atoms with Gasteiger partial charge in [-0.15, -0.1) is 0 Å². The molecule has 0 radical (unpaired) electrons. The van der Waals surface area contributed by atoms with Gasteiger partial charge in [0.05, 0.1) is 5.56 Å². The summed E-state index contributed by atoms with van der Waals surface area (Å²) in [5.41, 5.74) is 6.00. The van der Waals surface area contributed by atoms with Gasteiger partial charge in [0.1, 0.15) is 0 Å². The normalized spacial score (nSPS) is 18.9. The Morgan fingerprint density at radius 1 is 1.00 bits per heavy atom. The monoisotopic (exact) mass is 363 g/mol. The molecule has 1 fully saturated rings. The quantitative estimate of drug-likeness (QED) is 0.769. The fourth-order valence-corrected chi connectivity index (χ4v) is 2.82. The number of urea groups is 1. The third kappa shape index (κ3) is 4.14. The molecule has 26 heavy (non-hydrogen) atoms. The molecular weight excluding hydrogens is 347 g/mol. The molecule has 3 amide bonds. The highest BCUT2D eigenvalue weighted by Crippen LogP contribution is 2.48. The molecular formula is C18H16F3N3O2. The SMILES string of the molecule is NC(=O)Nc1cccc(NC(=O)C2CC2c2ccc(C(F)(F)F)cc2)c1. The van der Waals surface area contributed by atoms with E-state index in [0.29, 0.717) is 23.4 Å². The van der Waals surface area contributed by atoms with Gasteiger partial charge in [0.15, 0.2) is 0 Å². The Hall–Kier alpha value is -3.03. The first-order chi connectivity index (χ1) is 12.2. The molecule has 2 aromatic carbocycles. The topological polar surface area (TPSA) is 84.2 Å². The first kappa shape index (κ1) is 17.8. The first-order valence-electron chi connectivity index (χ1n) is 7.88. The van der Waals surface area contributed by atoms with Crippen molar-refractivity contribution >= 4 is 23.3 Å². The molecule has 1 aliphatic carbocycles. The average Bonchev–Trinajstić information content (AvgIpc) is 3.34. The molecule has 0 spiro atoms. The lowest BCUT2D eigenvalue weighted by Crippen LogP contribution is -2.19. The number of carbonyl (C=O) groups is 2. The zero-order valence-electron chi connectivity index (χ0n) is 13.5. The molecule has 0 aromatic heterocycles. The van der Waals surface area contributed by atoms with Crippen molar-refractivity contribution in [2.24, 2.45) is 11.7 Å². The molecule has 0 heterocycles. The molecule has 5 nitrogen and oxygen atoms in total. The molecule has 1 aliphatic rings. The second kappa shape index (κ2) is 6.70. The van der Waals surface area contributed by atoms with Gasteiger partial charge in [0, 0.05) is 17.3 Å². The summed E-state index contributed by atoms with van der Waals surface area (Å²) in [5, 5.41) is 5.15. The summed E-state index contributed by atoms with van der Waals surface area (Å²) in [6, 6.07) is 10.7. The van der Waals surface area contributed by atoms with Crippen molar-refractivity contribution in [2.75, 3.05) is 10.6 Å². The van der Waals surface area contributed by atoms with Crippen molar-refractivity contribution in [1.82, 2.24) is 0 Å². The second-order valence-electron chi connectivity index (χ2n) is 6.13. The Balaban J connectivity index is 1.62. The smallest absolute Gasteiger partial charge is 0.351 e. The van der Waals surface area contributed by atoms with E-state index in [1.165, 1.54) is 12.1 Å². The number of rotatable bonds is 4. The zero-order valence-corrected chi connectivity index (χ0v) is 13.5. The average molecular weight is 363 g/mol. The molecule has 0 aliphatic heterocycles. The molecule has 8 heteroatoms. The maximum Gasteiger partial charge on any atom is 0.416 e. The van der Waals surface area contributed by atoms with E-state index >= 15 is 0 Å². The van der Waals surface area contributed by atoms with Crippen molar-refractivity contribution in [2.45, 2.75) is 18.5 Å². The van der Waals surface area contributed by atoms with Crippen molar-refractivity contribution in [3.05, 3.63) is 59.7 Å². The molecule has 2 aromatic rings. The Kier molecular flexibility index (Phi) is 4.58. The maximum atomic E-state index is 12.6. The number of nitrogens with one attached hydrogen (secondary N) is 2.